The molecule has 0 bridgehead atoms. The van der Waals surface area contributed by atoms with E-state index in [2.05, 4.69) is 9.47 Å². The van der Waals surface area contributed by atoms with E-state index in [1.54, 1.807) is 0 Å². The minimum absolute atomic E-state index is 0.719. The van der Waals surface area contributed by atoms with Crippen LogP contribution in [-0.2, 0) is 28.7 Å². The molecule has 0 spiro atoms. The van der Waals surface area contributed by atoms with Crippen molar-refractivity contribution in [2.75, 3.05) is 0 Å². The Morgan fingerprint density at radius 3 is 1.50 bits per heavy atom. The fourth-order valence-corrected chi connectivity index (χ4v) is 0.957. The van der Waals surface area contributed by atoms with Gasteiger partial charge < -0.3 is 14.6 Å². The molecule has 0 aliphatic rings. The minimum atomic E-state index is -1.82. The molecule has 0 aliphatic heterocycles. The number of hydrogen-bond acceptors (Lipinski definition) is 6. The molecule has 0 unspecified atom stereocenters. The van der Waals surface area contributed by atoms with Crippen molar-refractivity contribution >= 4 is 23.7 Å². The van der Waals surface area contributed by atoms with Crippen molar-refractivity contribution in [2.45, 2.75) is 33.0 Å². The van der Waals surface area contributed by atoms with E-state index in [1.165, 1.54) is 0 Å². The summed E-state index contributed by atoms with van der Waals surface area (Å²) in [7, 11) is 0. The normalized spacial score (nSPS) is 13.4. The van der Waals surface area contributed by atoms with E-state index in [9.17, 15) is 19.2 Å². The van der Waals surface area contributed by atoms with Crippen LogP contribution in [0.3, 0.4) is 0 Å². The first-order valence-electron chi connectivity index (χ1n) is 4.33. The summed E-state index contributed by atoms with van der Waals surface area (Å²) in [6.07, 6.45) is -3.45. The topological polar surface area (TPSA) is 107 Å². The standard InChI is InChI=1S/C9H12O7/c1-4(10)7(15-5(2)11)8(9(13)14)16-6(3)12/h7-8H,1-3H3,(H,13,14)/t7-,8+/m1/s1. The first-order chi connectivity index (χ1) is 7.25. The fourth-order valence-electron chi connectivity index (χ4n) is 0.957. The Kier molecular flexibility index (Phi) is 5.14. The number of aliphatic carboxylic acids is 1. The zero-order valence-electron chi connectivity index (χ0n) is 9.05. The second kappa shape index (κ2) is 5.84. The Bertz CT molecular complexity index is 288. The van der Waals surface area contributed by atoms with Crippen molar-refractivity contribution in [1.29, 1.82) is 0 Å². The average molecular weight is 232 g/mol. The van der Waals surface area contributed by atoms with E-state index < -0.39 is 35.9 Å². The molecular weight excluding hydrogens is 220 g/mol. The van der Waals surface area contributed by atoms with Crippen molar-refractivity contribution in [3.63, 3.8) is 0 Å². The van der Waals surface area contributed by atoms with Gasteiger partial charge in [0, 0.05) is 13.8 Å². The van der Waals surface area contributed by atoms with Gasteiger partial charge in [-0.1, -0.05) is 0 Å². The van der Waals surface area contributed by atoms with Crippen molar-refractivity contribution < 1.29 is 33.8 Å². The van der Waals surface area contributed by atoms with Gasteiger partial charge in [-0.25, -0.2) is 4.79 Å². The van der Waals surface area contributed by atoms with Crippen LogP contribution in [0.4, 0.5) is 0 Å². The quantitative estimate of drug-likeness (QED) is 0.638. The summed E-state index contributed by atoms with van der Waals surface area (Å²) in [5.74, 6) is -4.00. The number of ketones is 1. The molecular formula is C9H12O7. The lowest BCUT2D eigenvalue weighted by molar-refractivity contribution is -0.179. The van der Waals surface area contributed by atoms with E-state index in [1.807, 2.05) is 0 Å². The van der Waals surface area contributed by atoms with Crippen LogP contribution in [0.1, 0.15) is 20.8 Å². The van der Waals surface area contributed by atoms with Gasteiger partial charge in [-0.2, -0.15) is 0 Å². The molecule has 16 heavy (non-hydrogen) atoms. The highest BCUT2D eigenvalue weighted by Crippen LogP contribution is 2.07. The van der Waals surface area contributed by atoms with Gasteiger partial charge in [0.25, 0.3) is 0 Å². The van der Waals surface area contributed by atoms with E-state index in [4.69, 9.17) is 5.11 Å². The van der Waals surface area contributed by atoms with Crippen molar-refractivity contribution in [1.82, 2.24) is 0 Å². The second-order valence-electron chi connectivity index (χ2n) is 3.01. The van der Waals surface area contributed by atoms with E-state index in [0.29, 0.717) is 0 Å². The number of esters is 2. The molecule has 0 rings (SSSR count). The lowest BCUT2D eigenvalue weighted by Crippen LogP contribution is -2.44. The van der Waals surface area contributed by atoms with E-state index >= 15 is 0 Å². The Balaban J connectivity index is 4.93. The van der Waals surface area contributed by atoms with Gasteiger partial charge in [-0.15, -0.1) is 0 Å². The number of ether oxygens (including phenoxy) is 2. The molecule has 90 valence electrons. The number of carboxylic acids is 1. The molecule has 0 radical (unpaired) electrons. The molecule has 0 aromatic carbocycles. The maximum atomic E-state index is 11.1. The number of carbonyl (C=O) groups is 4. The number of carboxylic acid groups (broad SMARTS) is 1. The van der Waals surface area contributed by atoms with Crippen LogP contribution in [0, 0.1) is 0 Å². The third-order valence-corrected chi connectivity index (χ3v) is 1.50. The highest BCUT2D eigenvalue weighted by Gasteiger charge is 2.37. The molecule has 0 saturated carbocycles. The number of carbonyl (C=O) groups excluding carboxylic acids is 3. The summed E-state index contributed by atoms with van der Waals surface area (Å²) in [6, 6.07) is 0. The maximum absolute atomic E-state index is 11.1. The zero-order valence-corrected chi connectivity index (χ0v) is 9.05. The maximum Gasteiger partial charge on any atom is 0.349 e. The van der Waals surface area contributed by atoms with E-state index in [0.717, 1.165) is 20.8 Å². The predicted octanol–water partition coefficient (Wildman–Crippen LogP) is -0.477. The number of hydrogen-bond donors (Lipinski definition) is 1. The van der Waals surface area contributed by atoms with Crippen LogP contribution in [0.15, 0.2) is 0 Å². The van der Waals surface area contributed by atoms with Crippen LogP contribution in [-0.4, -0.2) is 41.0 Å². The monoisotopic (exact) mass is 232 g/mol. The zero-order chi connectivity index (χ0) is 12.9. The summed E-state index contributed by atoms with van der Waals surface area (Å²) < 4.78 is 8.89. The van der Waals surface area contributed by atoms with Gasteiger partial charge in [0.2, 0.25) is 12.2 Å². The first kappa shape index (κ1) is 14.1. The lowest BCUT2D eigenvalue weighted by Gasteiger charge is -2.20. The molecule has 0 aromatic rings. The Morgan fingerprint density at radius 1 is 0.875 bits per heavy atom. The highest BCUT2D eigenvalue weighted by atomic mass is 16.6. The molecule has 0 aromatic heterocycles. The first-order valence-corrected chi connectivity index (χ1v) is 4.33. The summed E-state index contributed by atoms with van der Waals surface area (Å²) >= 11 is 0. The molecule has 0 fully saturated rings. The van der Waals surface area contributed by atoms with Crippen LogP contribution in [0.25, 0.3) is 0 Å². The Labute approximate surface area is 91.3 Å². The van der Waals surface area contributed by atoms with Gasteiger partial charge in [0.1, 0.15) is 0 Å². The Morgan fingerprint density at radius 2 is 1.25 bits per heavy atom. The van der Waals surface area contributed by atoms with Crippen LogP contribution < -0.4 is 0 Å². The molecule has 0 aliphatic carbocycles. The molecule has 7 heteroatoms. The molecule has 7 nitrogen and oxygen atoms in total. The third-order valence-electron chi connectivity index (χ3n) is 1.50. The fraction of sp³-hybridized carbons (Fsp3) is 0.556. The van der Waals surface area contributed by atoms with Gasteiger partial charge in [-0.3, -0.25) is 14.4 Å². The largest absolute Gasteiger partial charge is 0.478 e. The van der Waals surface area contributed by atoms with Crippen molar-refractivity contribution in [3.05, 3.63) is 0 Å². The second-order valence-corrected chi connectivity index (χ2v) is 3.01. The highest BCUT2D eigenvalue weighted by molar-refractivity contribution is 5.90. The smallest absolute Gasteiger partial charge is 0.349 e. The summed E-state index contributed by atoms with van der Waals surface area (Å²) in [5.41, 5.74) is 0. The number of Topliss-reactive ketones (excluding diaryl/α,β-unsaturated/α-hetero) is 1. The van der Waals surface area contributed by atoms with Crippen LogP contribution in [0.2, 0.25) is 0 Å². The summed E-state index contributed by atoms with van der Waals surface area (Å²) in [4.78, 5) is 43.1. The van der Waals surface area contributed by atoms with Gasteiger partial charge >= 0.3 is 17.9 Å². The molecule has 0 amide bonds. The molecule has 0 heterocycles. The van der Waals surface area contributed by atoms with Gasteiger partial charge in [-0.05, 0) is 6.92 Å². The van der Waals surface area contributed by atoms with Crippen molar-refractivity contribution in [3.8, 4) is 0 Å². The summed E-state index contributed by atoms with van der Waals surface area (Å²) in [6.45, 7) is 3.04. The average Bonchev–Trinajstić information content (AvgIpc) is 2.09. The minimum Gasteiger partial charge on any atom is -0.478 e. The van der Waals surface area contributed by atoms with Gasteiger partial charge in [0.05, 0.1) is 0 Å². The Hall–Kier alpha value is -1.92. The summed E-state index contributed by atoms with van der Waals surface area (Å²) in [5, 5.41) is 8.73. The van der Waals surface area contributed by atoms with Gasteiger partial charge in [0.15, 0.2) is 5.78 Å². The molecule has 2 atom stereocenters. The molecule has 1 N–H and O–H groups in total. The predicted molar refractivity (Wildman–Crippen MR) is 49.4 cm³/mol. The lowest BCUT2D eigenvalue weighted by atomic mass is 10.1. The number of rotatable bonds is 5. The van der Waals surface area contributed by atoms with Crippen LogP contribution >= 0.6 is 0 Å². The van der Waals surface area contributed by atoms with E-state index in [-0.39, 0.29) is 0 Å². The van der Waals surface area contributed by atoms with Crippen molar-refractivity contribution in [2.24, 2.45) is 0 Å². The van der Waals surface area contributed by atoms with Crippen LogP contribution in [0.5, 0.6) is 0 Å². The third kappa shape index (κ3) is 4.54. The molecule has 0 saturated heterocycles. The SMILES string of the molecule is CC(=O)O[C@H](C(C)=O)[C@H](OC(C)=O)C(=O)O.